The fourth-order valence-electron chi connectivity index (χ4n) is 2.14. The van der Waals surface area contributed by atoms with Crippen LogP contribution in [0.25, 0.3) is 0 Å². The van der Waals surface area contributed by atoms with Crippen LogP contribution in [0.3, 0.4) is 0 Å². The summed E-state index contributed by atoms with van der Waals surface area (Å²) in [6, 6.07) is 12.7. The Morgan fingerprint density at radius 3 is 2.35 bits per heavy atom. The minimum Gasteiger partial charge on any atom is -0.492 e. The van der Waals surface area contributed by atoms with Gasteiger partial charge in [-0.05, 0) is 48.9 Å². The molecule has 0 aliphatic carbocycles. The van der Waals surface area contributed by atoms with Crippen LogP contribution in [-0.4, -0.2) is 35.6 Å². The van der Waals surface area contributed by atoms with Crippen molar-refractivity contribution in [2.45, 2.75) is 13.5 Å². The molecule has 0 heterocycles. The predicted octanol–water partition coefficient (Wildman–Crippen LogP) is 2.86. The molecule has 2 rings (SSSR count). The molecule has 23 heavy (non-hydrogen) atoms. The van der Waals surface area contributed by atoms with Crippen LogP contribution in [0.2, 0.25) is 0 Å². The number of nitrogens with zero attached hydrogens (tertiary/aromatic N) is 1. The summed E-state index contributed by atoms with van der Waals surface area (Å²) < 4.78 is 18.3. The summed E-state index contributed by atoms with van der Waals surface area (Å²) in [5.74, 6) is 0.177. The second-order valence-corrected chi connectivity index (χ2v) is 5.04. The smallest absolute Gasteiger partial charge is 0.253 e. The summed E-state index contributed by atoms with van der Waals surface area (Å²) in [5.41, 5.74) is 1.34. The first-order valence-corrected chi connectivity index (χ1v) is 7.51. The van der Waals surface area contributed by atoms with Crippen LogP contribution < -0.4 is 4.74 Å². The maximum absolute atomic E-state index is 12.8. The summed E-state index contributed by atoms with van der Waals surface area (Å²) in [4.78, 5) is 14.1. The Hall–Kier alpha value is -2.40. The second kappa shape index (κ2) is 8.29. The van der Waals surface area contributed by atoms with E-state index in [0.29, 0.717) is 31.0 Å². The molecular formula is C18H20FNO3. The Bertz CT molecular complexity index is 626. The van der Waals surface area contributed by atoms with Crippen molar-refractivity contribution in [3.05, 3.63) is 65.5 Å². The van der Waals surface area contributed by atoms with Crippen LogP contribution in [0, 0.1) is 5.82 Å². The lowest BCUT2D eigenvalue weighted by Crippen LogP contribution is -2.34. The zero-order chi connectivity index (χ0) is 16.7. The fourth-order valence-corrected chi connectivity index (χ4v) is 2.14. The third-order valence-electron chi connectivity index (χ3n) is 3.50. The van der Waals surface area contributed by atoms with Crippen LogP contribution in [0.15, 0.2) is 48.5 Å². The van der Waals surface area contributed by atoms with E-state index in [0.717, 1.165) is 5.56 Å². The summed E-state index contributed by atoms with van der Waals surface area (Å²) >= 11 is 0. The van der Waals surface area contributed by atoms with E-state index in [2.05, 4.69) is 0 Å². The van der Waals surface area contributed by atoms with E-state index in [9.17, 15) is 9.18 Å². The molecule has 0 unspecified atom stereocenters. The molecule has 1 N–H and O–H groups in total. The van der Waals surface area contributed by atoms with E-state index >= 15 is 0 Å². The number of hydrogen-bond donors (Lipinski definition) is 1. The minimum atomic E-state index is -0.311. The Morgan fingerprint density at radius 2 is 1.78 bits per heavy atom. The van der Waals surface area contributed by atoms with Crippen LogP contribution >= 0.6 is 0 Å². The molecule has 0 radical (unpaired) electrons. The zero-order valence-corrected chi connectivity index (χ0v) is 13.0. The molecule has 0 aliphatic rings. The van der Waals surface area contributed by atoms with Gasteiger partial charge in [-0.25, -0.2) is 4.39 Å². The standard InChI is InChI=1S/C18H20FNO3/c1-2-20(11-12-23-17-9-7-16(19)8-10-17)18(22)15-5-3-14(13-21)4-6-15/h3-10,21H,2,11-13H2,1H3. The van der Waals surface area contributed by atoms with E-state index in [4.69, 9.17) is 9.84 Å². The van der Waals surface area contributed by atoms with Crippen molar-refractivity contribution in [3.63, 3.8) is 0 Å². The van der Waals surface area contributed by atoms with Gasteiger partial charge < -0.3 is 14.7 Å². The second-order valence-electron chi connectivity index (χ2n) is 5.04. The molecule has 0 aliphatic heterocycles. The normalized spacial score (nSPS) is 10.4. The average Bonchev–Trinajstić information content (AvgIpc) is 2.60. The molecular weight excluding hydrogens is 297 g/mol. The average molecular weight is 317 g/mol. The van der Waals surface area contributed by atoms with Gasteiger partial charge in [0.2, 0.25) is 0 Å². The number of amides is 1. The predicted molar refractivity (Wildman–Crippen MR) is 85.8 cm³/mol. The van der Waals surface area contributed by atoms with E-state index < -0.39 is 0 Å². The molecule has 0 bridgehead atoms. The van der Waals surface area contributed by atoms with Crippen LogP contribution in [0.1, 0.15) is 22.8 Å². The Morgan fingerprint density at radius 1 is 1.13 bits per heavy atom. The SMILES string of the molecule is CCN(CCOc1ccc(F)cc1)C(=O)c1ccc(CO)cc1. The van der Waals surface area contributed by atoms with Gasteiger partial charge in [-0.1, -0.05) is 12.1 Å². The third-order valence-corrected chi connectivity index (χ3v) is 3.50. The molecule has 0 atom stereocenters. The quantitative estimate of drug-likeness (QED) is 0.854. The van der Waals surface area contributed by atoms with Gasteiger partial charge in [0.25, 0.3) is 5.91 Å². The number of halogens is 1. The monoisotopic (exact) mass is 317 g/mol. The molecule has 1 amide bonds. The number of hydrogen-bond acceptors (Lipinski definition) is 3. The first-order valence-electron chi connectivity index (χ1n) is 7.51. The van der Waals surface area contributed by atoms with Gasteiger partial charge in [-0.3, -0.25) is 4.79 Å². The molecule has 0 spiro atoms. The fraction of sp³-hybridized carbons (Fsp3) is 0.278. The highest BCUT2D eigenvalue weighted by molar-refractivity contribution is 5.94. The Balaban J connectivity index is 1.90. The summed E-state index contributed by atoms with van der Waals surface area (Å²) in [6.07, 6.45) is 0. The van der Waals surface area contributed by atoms with Crippen LogP contribution in [-0.2, 0) is 6.61 Å². The number of rotatable bonds is 7. The van der Waals surface area contributed by atoms with Crippen molar-refractivity contribution >= 4 is 5.91 Å². The van der Waals surface area contributed by atoms with E-state index in [1.165, 1.54) is 12.1 Å². The van der Waals surface area contributed by atoms with Crippen LogP contribution in [0.5, 0.6) is 5.75 Å². The topological polar surface area (TPSA) is 49.8 Å². The Labute approximate surface area is 135 Å². The van der Waals surface area contributed by atoms with Gasteiger partial charge in [-0.2, -0.15) is 0 Å². The number of benzene rings is 2. The van der Waals surface area contributed by atoms with E-state index in [-0.39, 0.29) is 18.3 Å². The molecule has 0 aromatic heterocycles. The van der Waals surface area contributed by atoms with Gasteiger partial charge in [0.05, 0.1) is 13.2 Å². The van der Waals surface area contributed by atoms with Crippen molar-refractivity contribution in [2.75, 3.05) is 19.7 Å². The summed E-state index contributed by atoms with van der Waals surface area (Å²) in [6.45, 7) is 3.19. The molecule has 0 saturated carbocycles. The number of aliphatic hydroxyl groups is 1. The maximum Gasteiger partial charge on any atom is 0.253 e. The molecule has 0 fully saturated rings. The highest BCUT2D eigenvalue weighted by Crippen LogP contribution is 2.12. The number of carbonyl (C=O) groups is 1. The van der Waals surface area contributed by atoms with E-state index in [1.54, 1.807) is 41.3 Å². The van der Waals surface area contributed by atoms with Crippen molar-refractivity contribution in [3.8, 4) is 5.75 Å². The molecule has 2 aromatic rings. The number of ether oxygens (including phenoxy) is 1. The number of likely N-dealkylation sites (N-methyl/N-ethyl adjacent to an activating group) is 1. The zero-order valence-electron chi connectivity index (χ0n) is 13.0. The number of aliphatic hydroxyl groups excluding tert-OH is 1. The lowest BCUT2D eigenvalue weighted by Gasteiger charge is -2.21. The van der Waals surface area contributed by atoms with E-state index in [1.807, 2.05) is 6.92 Å². The van der Waals surface area contributed by atoms with Gasteiger partial charge in [0, 0.05) is 12.1 Å². The highest BCUT2D eigenvalue weighted by atomic mass is 19.1. The van der Waals surface area contributed by atoms with Gasteiger partial charge >= 0.3 is 0 Å². The van der Waals surface area contributed by atoms with Crippen molar-refractivity contribution < 1.29 is 19.0 Å². The van der Waals surface area contributed by atoms with Gasteiger partial charge in [-0.15, -0.1) is 0 Å². The van der Waals surface area contributed by atoms with Crippen LogP contribution in [0.4, 0.5) is 4.39 Å². The number of carbonyl (C=O) groups excluding carboxylic acids is 1. The summed E-state index contributed by atoms with van der Waals surface area (Å²) in [5, 5.41) is 9.03. The molecule has 122 valence electrons. The largest absolute Gasteiger partial charge is 0.492 e. The van der Waals surface area contributed by atoms with Crippen molar-refractivity contribution in [1.29, 1.82) is 0 Å². The molecule has 4 nitrogen and oxygen atoms in total. The highest BCUT2D eigenvalue weighted by Gasteiger charge is 2.14. The Kier molecular flexibility index (Phi) is 6.11. The van der Waals surface area contributed by atoms with Crippen molar-refractivity contribution in [1.82, 2.24) is 4.90 Å². The third kappa shape index (κ3) is 4.79. The first kappa shape index (κ1) is 17.0. The van der Waals surface area contributed by atoms with Crippen molar-refractivity contribution in [2.24, 2.45) is 0 Å². The van der Waals surface area contributed by atoms with Gasteiger partial charge in [0.15, 0.2) is 0 Å². The summed E-state index contributed by atoms with van der Waals surface area (Å²) in [7, 11) is 0. The lowest BCUT2D eigenvalue weighted by molar-refractivity contribution is 0.0739. The lowest BCUT2D eigenvalue weighted by atomic mass is 10.1. The minimum absolute atomic E-state index is 0.0442. The molecule has 0 saturated heterocycles. The van der Waals surface area contributed by atoms with Gasteiger partial charge in [0.1, 0.15) is 18.2 Å². The molecule has 2 aromatic carbocycles. The maximum atomic E-state index is 12.8. The molecule has 5 heteroatoms. The first-order chi connectivity index (χ1) is 11.1.